The van der Waals surface area contributed by atoms with Gasteiger partial charge in [0.1, 0.15) is 48.8 Å². The van der Waals surface area contributed by atoms with Gasteiger partial charge in [-0.15, -0.1) is 0 Å². The highest BCUT2D eigenvalue weighted by atomic mass is 16.7. The lowest BCUT2D eigenvalue weighted by molar-refractivity contribution is -0.359. The normalized spacial score (nSPS) is 28.7. The Kier molecular flexibility index (Phi) is 30.1. The van der Waals surface area contributed by atoms with Gasteiger partial charge in [-0.25, -0.2) is 0 Å². The zero-order chi connectivity index (χ0) is 43.3. The predicted molar refractivity (Wildman–Crippen MR) is 226 cm³/mol. The van der Waals surface area contributed by atoms with Gasteiger partial charge in [-0.2, -0.15) is 0 Å². The van der Waals surface area contributed by atoms with Crippen LogP contribution in [-0.2, 0) is 23.7 Å². The van der Waals surface area contributed by atoms with Gasteiger partial charge < -0.3 is 65.1 Å². The van der Waals surface area contributed by atoms with Crippen molar-refractivity contribution in [3.63, 3.8) is 0 Å². The fraction of sp³-hybridized carbons (Fsp3) is 0.889. The maximum Gasteiger partial charge on any atom is 0.220 e. The molecule has 0 radical (unpaired) electrons. The summed E-state index contributed by atoms with van der Waals surface area (Å²) in [5.41, 5.74) is 0. The Morgan fingerprint density at radius 3 is 1.66 bits per heavy atom. The van der Waals surface area contributed by atoms with Crippen molar-refractivity contribution >= 4 is 5.91 Å². The van der Waals surface area contributed by atoms with E-state index in [1.807, 2.05) is 6.08 Å². The van der Waals surface area contributed by atoms with Crippen LogP contribution in [0.5, 0.6) is 0 Å². The van der Waals surface area contributed by atoms with Crippen LogP contribution in [-0.4, -0.2) is 140 Å². The van der Waals surface area contributed by atoms with Gasteiger partial charge in [-0.05, 0) is 32.1 Å². The molecule has 0 aromatic heterocycles. The molecule has 0 aromatic carbocycles. The quantitative estimate of drug-likeness (QED) is 0.0319. The summed E-state index contributed by atoms with van der Waals surface area (Å²) in [6, 6.07) is -0.923. The minimum absolute atomic E-state index is 0.252. The van der Waals surface area contributed by atoms with Crippen LogP contribution in [0, 0.1) is 0 Å². The molecule has 12 atom stereocenters. The molecule has 12 unspecified atom stereocenters. The van der Waals surface area contributed by atoms with E-state index in [-0.39, 0.29) is 18.9 Å². The number of carbonyl (C=O) groups is 1. The molecule has 2 heterocycles. The van der Waals surface area contributed by atoms with Gasteiger partial charge in [-0.1, -0.05) is 147 Å². The third-order valence-corrected chi connectivity index (χ3v) is 11.4. The van der Waals surface area contributed by atoms with Gasteiger partial charge in [-0.3, -0.25) is 4.79 Å². The Hall–Kier alpha value is -1.53. The summed E-state index contributed by atoms with van der Waals surface area (Å²) in [5.74, 6) is -0.252. The highest BCUT2D eigenvalue weighted by Crippen LogP contribution is 2.30. The molecule has 0 saturated carbocycles. The number of rotatable bonds is 34. The second-order valence-electron chi connectivity index (χ2n) is 16.5. The summed E-state index contributed by atoms with van der Waals surface area (Å²) in [6.45, 7) is 2.71. The third kappa shape index (κ3) is 21.4. The first-order valence-corrected chi connectivity index (χ1v) is 23.1. The minimum Gasteiger partial charge on any atom is -0.394 e. The van der Waals surface area contributed by atoms with Crippen molar-refractivity contribution in [2.45, 2.75) is 235 Å². The van der Waals surface area contributed by atoms with E-state index in [9.17, 15) is 45.6 Å². The van der Waals surface area contributed by atoms with E-state index in [0.29, 0.717) is 12.8 Å². The zero-order valence-electron chi connectivity index (χ0n) is 36.2. The highest BCUT2D eigenvalue weighted by Gasteiger charge is 2.50. The average Bonchev–Trinajstić information content (AvgIpc) is 3.23. The van der Waals surface area contributed by atoms with Gasteiger partial charge >= 0.3 is 0 Å². The topological polar surface area (TPSA) is 228 Å². The molecule has 0 aliphatic carbocycles. The van der Waals surface area contributed by atoms with Crippen LogP contribution in [0.2, 0.25) is 0 Å². The van der Waals surface area contributed by atoms with Crippen molar-refractivity contribution in [1.29, 1.82) is 0 Å². The van der Waals surface area contributed by atoms with Crippen molar-refractivity contribution in [2.24, 2.45) is 0 Å². The van der Waals surface area contributed by atoms with Crippen molar-refractivity contribution in [1.82, 2.24) is 5.32 Å². The second kappa shape index (κ2) is 33.1. The van der Waals surface area contributed by atoms with E-state index >= 15 is 0 Å². The number of carbonyl (C=O) groups excluding carboxylic acids is 1. The number of amides is 1. The van der Waals surface area contributed by atoms with Crippen molar-refractivity contribution in [2.75, 3.05) is 19.8 Å². The Labute approximate surface area is 354 Å². The van der Waals surface area contributed by atoms with E-state index < -0.39 is 86.8 Å². The molecular formula is C45H83NO13. The highest BCUT2D eigenvalue weighted by molar-refractivity contribution is 5.76. The Morgan fingerprint density at radius 2 is 1.08 bits per heavy atom. The summed E-state index contributed by atoms with van der Waals surface area (Å²) in [6.07, 6.45) is 16.6. The molecule has 14 heteroatoms. The molecule has 2 saturated heterocycles. The first kappa shape index (κ1) is 53.6. The fourth-order valence-electron chi connectivity index (χ4n) is 7.54. The monoisotopic (exact) mass is 846 g/mol. The zero-order valence-corrected chi connectivity index (χ0v) is 36.2. The van der Waals surface area contributed by atoms with Crippen LogP contribution in [0.25, 0.3) is 0 Å². The maximum atomic E-state index is 13.1. The third-order valence-electron chi connectivity index (χ3n) is 11.4. The number of allylic oxidation sites excluding steroid dienone is 3. The van der Waals surface area contributed by atoms with Gasteiger partial charge in [0, 0.05) is 6.42 Å². The van der Waals surface area contributed by atoms with Gasteiger partial charge in [0.15, 0.2) is 12.6 Å². The number of hydrogen-bond donors (Lipinski definition) is 9. The van der Waals surface area contributed by atoms with Crippen LogP contribution in [0.15, 0.2) is 24.3 Å². The standard InChI is InChI=1S/C45H83NO13/c1-3-5-7-9-11-13-15-16-17-18-19-21-23-25-27-29-37(50)46-33(34(49)28-26-24-22-20-14-12-10-8-6-4-2)32-56-44-42(55)40(53)43(36(31-48)58-44)59-45-41(54)39(52)38(51)35(30-47)57-45/h14,20,26,28,33-36,38-45,47-49,51-55H,3-13,15-19,21-25,27,29-32H2,1-2H3,(H,46,50)/b20-14+,28-26+. The van der Waals surface area contributed by atoms with E-state index in [1.165, 1.54) is 96.3 Å². The average molecular weight is 846 g/mol. The molecule has 2 aliphatic heterocycles. The molecule has 14 nitrogen and oxygen atoms in total. The molecule has 0 spiro atoms. The summed E-state index contributed by atoms with van der Waals surface area (Å²) in [5, 5.41) is 86.3. The van der Waals surface area contributed by atoms with Crippen LogP contribution in [0.4, 0.5) is 0 Å². The number of unbranched alkanes of at least 4 members (excludes halogenated alkanes) is 19. The van der Waals surface area contributed by atoms with Crippen LogP contribution >= 0.6 is 0 Å². The van der Waals surface area contributed by atoms with Gasteiger partial charge in [0.2, 0.25) is 5.91 Å². The molecule has 2 aliphatic rings. The summed E-state index contributed by atoms with van der Waals surface area (Å²) in [4.78, 5) is 13.1. The number of hydrogen-bond acceptors (Lipinski definition) is 13. The molecule has 59 heavy (non-hydrogen) atoms. The molecule has 0 aromatic rings. The summed E-state index contributed by atoms with van der Waals surface area (Å²) < 4.78 is 22.6. The number of nitrogens with one attached hydrogen (secondary N) is 1. The minimum atomic E-state index is -1.79. The first-order valence-electron chi connectivity index (χ1n) is 23.1. The Morgan fingerprint density at radius 1 is 0.593 bits per heavy atom. The molecule has 1 amide bonds. The smallest absolute Gasteiger partial charge is 0.220 e. The summed E-state index contributed by atoms with van der Waals surface area (Å²) >= 11 is 0. The number of aliphatic hydroxyl groups excluding tert-OH is 8. The van der Waals surface area contributed by atoms with E-state index in [2.05, 4.69) is 31.3 Å². The van der Waals surface area contributed by atoms with Gasteiger partial charge in [0.05, 0.1) is 32.0 Å². The Balaban J connectivity index is 1.89. The fourth-order valence-corrected chi connectivity index (χ4v) is 7.54. The number of ether oxygens (including phenoxy) is 4. The molecule has 2 rings (SSSR count). The van der Waals surface area contributed by atoms with Crippen molar-refractivity contribution < 1.29 is 64.6 Å². The SMILES string of the molecule is CCCCCC/C=C/CC/C=C/C(O)C(COC1OC(CO)C(OC2OC(CO)C(O)C(O)C2O)C(O)C1O)NC(=O)CCCCCCCCCCCCCCCCC. The van der Waals surface area contributed by atoms with Crippen molar-refractivity contribution in [3.8, 4) is 0 Å². The molecule has 2 fully saturated rings. The van der Waals surface area contributed by atoms with Crippen molar-refractivity contribution in [3.05, 3.63) is 24.3 Å². The Bertz CT molecular complexity index is 1090. The molecule has 9 N–H and O–H groups in total. The van der Waals surface area contributed by atoms with Crippen LogP contribution in [0.3, 0.4) is 0 Å². The lowest BCUT2D eigenvalue weighted by Gasteiger charge is -2.46. The molecular weight excluding hydrogens is 762 g/mol. The van der Waals surface area contributed by atoms with Crippen LogP contribution in [0.1, 0.15) is 162 Å². The lowest BCUT2D eigenvalue weighted by atomic mass is 9.97. The number of aliphatic hydroxyl groups is 8. The van der Waals surface area contributed by atoms with E-state index in [0.717, 1.165) is 32.1 Å². The summed E-state index contributed by atoms with van der Waals surface area (Å²) in [7, 11) is 0. The van der Waals surface area contributed by atoms with E-state index in [1.54, 1.807) is 6.08 Å². The van der Waals surface area contributed by atoms with E-state index in [4.69, 9.17) is 18.9 Å². The largest absolute Gasteiger partial charge is 0.394 e. The molecule has 0 bridgehead atoms. The molecule has 346 valence electrons. The maximum absolute atomic E-state index is 13.1. The predicted octanol–water partition coefficient (Wildman–Crippen LogP) is 4.60. The van der Waals surface area contributed by atoms with Gasteiger partial charge in [0.25, 0.3) is 0 Å². The second-order valence-corrected chi connectivity index (χ2v) is 16.5. The van der Waals surface area contributed by atoms with Crippen LogP contribution < -0.4 is 5.32 Å². The first-order chi connectivity index (χ1) is 28.6. The lowest BCUT2D eigenvalue weighted by Crippen LogP contribution is -2.65.